The molecule has 2 N–H and O–H groups in total. The monoisotopic (exact) mass is 284 g/mol. The van der Waals surface area contributed by atoms with E-state index in [9.17, 15) is 0 Å². The summed E-state index contributed by atoms with van der Waals surface area (Å²) >= 11 is 5.73. The lowest BCUT2D eigenvalue weighted by atomic mass is 10.3. The molecule has 0 unspecified atom stereocenters. The molecule has 0 atom stereocenters. The highest BCUT2D eigenvalue weighted by molar-refractivity contribution is 6.29. The second kappa shape index (κ2) is 9.58. The van der Waals surface area contributed by atoms with Gasteiger partial charge in [0.25, 0.3) is 0 Å². The number of hydrogen-bond acceptors (Lipinski definition) is 3. The van der Waals surface area contributed by atoms with Gasteiger partial charge in [0, 0.05) is 39.5 Å². The molecule has 106 valence electrons. The zero-order valence-electron chi connectivity index (χ0n) is 11.4. The van der Waals surface area contributed by atoms with E-state index >= 15 is 0 Å². The van der Waals surface area contributed by atoms with E-state index in [0.717, 1.165) is 37.7 Å². The van der Waals surface area contributed by atoms with Gasteiger partial charge >= 0.3 is 0 Å². The van der Waals surface area contributed by atoms with Crippen molar-refractivity contribution in [3.8, 4) is 0 Å². The van der Waals surface area contributed by atoms with Crippen molar-refractivity contribution in [3.63, 3.8) is 0 Å². The average Bonchev–Trinajstić information content (AvgIpc) is 2.44. The molecule has 0 aliphatic carbocycles. The highest BCUT2D eigenvalue weighted by Gasteiger charge is 1.98. The first kappa shape index (κ1) is 15.7. The predicted molar refractivity (Wildman–Crippen MR) is 78.6 cm³/mol. The number of hydrogen-bond donors (Lipinski definition) is 2. The average molecular weight is 285 g/mol. The minimum Gasteiger partial charge on any atom is -0.382 e. The van der Waals surface area contributed by atoms with Gasteiger partial charge in [0.15, 0.2) is 5.96 Å². The van der Waals surface area contributed by atoms with Crippen molar-refractivity contribution in [1.82, 2.24) is 15.6 Å². The second-order valence-electron chi connectivity index (χ2n) is 3.89. The Kier molecular flexibility index (Phi) is 7.93. The summed E-state index contributed by atoms with van der Waals surface area (Å²) in [6.07, 6.45) is 2.70. The Morgan fingerprint density at radius 2 is 2.26 bits per heavy atom. The molecular formula is C13H21ClN4O. The molecule has 5 nitrogen and oxygen atoms in total. The minimum atomic E-state index is 0.502. The molecule has 1 rings (SSSR count). The normalized spacial score (nSPS) is 11.4. The second-order valence-corrected chi connectivity index (χ2v) is 4.28. The fraction of sp³-hybridized carbons (Fsp3) is 0.538. The zero-order chi connectivity index (χ0) is 13.9. The Bertz CT molecular complexity index is 381. The molecule has 0 fully saturated rings. The smallest absolute Gasteiger partial charge is 0.191 e. The molecule has 0 aromatic carbocycles. The number of pyridine rings is 1. The molecule has 0 radical (unpaired) electrons. The van der Waals surface area contributed by atoms with E-state index in [4.69, 9.17) is 16.3 Å². The van der Waals surface area contributed by atoms with Crippen LogP contribution in [0.2, 0.25) is 5.15 Å². The first-order valence-electron chi connectivity index (χ1n) is 6.39. The van der Waals surface area contributed by atoms with Crippen molar-refractivity contribution in [1.29, 1.82) is 0 Å². The Hall–Kier alpha value is -1.33. The summed E-state index contributed by atoms with van der Waals surface area (Å²) in [5, 5.41) is 6.94. The van der Waals surface area contributed by atoms with Gasteiger partial charge in [-0.15, -0.1) is 0 Å². The molecule has 0 aliphatic rings. The van der Waals surface area contributed by atoms with Crippen LogP contribution >= 0.6 is 11.6 Å². The summed E-state index contributed by atoms with van der Waals surface area (Å²) in [6.45, 7) is 5.01. The van der Waals surface area contributed by atoms with Crippen molar-refractivity contribution in [2.75, 3.05) is 26.8 Å². The third kappa shape index (κ3) is 6.98. The van der Waals surface area contributed by atoms with E-state index in [1.54, 1.807) is 19.3 Å². The maximum absolute atomic E-state index is 5.73. The number of nitrogens with one attached hydrogen (secondary N) is 2. The van der Waals surface area contributed by atoms with Gasteiger partial charge in [-0.05, 0) is 25.0 Å². The maximum Gasteiger partial charge on any atom is 0.191 e. The Morgan fingerprint density at radius 1 is 1.42 bits per heavy atom. The van der Waals surface area contributed by atoms with Gasteiger partial charge < -0.3 is 15.4 Å². The van der Waals surface area contributed by atoms with Crippen LogP contribution in [0.4, 0.5) is 0 Å². The molecule has 0 spiro atoms. The topological polar surface area (TPSA) is 58.5 Å². The van der Waals surface area contributed by atoms with Crippen LogP contribution in [-0.2, 0) is 11.3 Å². The molecule has 0 saturated heterocycles. The number of halogens is 1. The van der Waals surface area contributed by atoms with Crippen molar-refractivity contribution in [2.24, 2.45) is 4.99 Å². The third-order valence-corrected chi connectivity index (χ3v) is 2.66. The lowest BCUT2D eigenvalue weighted by Crippen LogP contribution is -2.37. The first-order valence-corrected chi connectivity index (χ1v) is 6.76. The molecule has 0 amide bonds. The molecule has 0 aliphatic heterocycles. The van der Waals surface area contributed by atoms with Crippen molar-refractivity contribution in [3.05, 3.63) is 29.0 Å². The lowest BCUT2D eigenvalue weighted by Gasteiger charge is -2.11. The highest BCUT2D eigenvalue weighted by atomic mass is 35.5. The molecule has 1 aromatic rings. The molecule has 1 heterocycles. The number of rotatable bonds is 7. The van der Waals surface area contributed by atoms with Crippen molar-refractivity contribution >= 4 is 17.6 Å². The summed E-state index contributed by atoms with van der Waals surface area (Å²) in [4.78, 5) is 8.17. The van der Waals surface area contributed by atoms with Crippen molar-refractivity contribution in [2.45, 2.75) is 19.9 Å². The van der Waals surface area contributed by atoms with Gasteiger partial charge in [0.2, 0.25) is 0 Å². The summed E-state index contributed by atoms with van der Waals surface area (Å²) in [6, 6.07) is 3.71. The van der Waals surface area contributed by atoms with Crippen LogP contribution < -0.4 is 10.6 Å². The van der Waals surface area contributed by atoms with Crippen LogP contribution in [0, 0.1) is 0 Å². The Balaban J connectivity index is 2.23. The number of aromatic nitrogens is 1. The Morgan fingerprint density at radius 3 is 2.89 bits per heavy atom. The predicted octanol–water partition coefficient (Wildman–Crippen LogP) is 1.83. The minimum absolute atomic E-state index is 0.502. The molecule has 0 saturated carbocycles. The quantitative estimate of drug-likeness (QED) is 0.347. The van der Waals surface area contributed by atoms with Crippen LogP contribution in [0.1, 0.15) is 18.9 Å². The van der Waals surface area contributed by atoms with E-state index in [2.05, 4.69) is 20.6 Å². The summed E-state index contributed by atoms with van der Waals surface area (Å²) in [5.41, 5.74) is 1.06. The largest absolute Gasteiger partial charge is 0.382 e. The third-order valence-electron chi connectivity index (χ3n) is 2.43. The van der Waals surface area contributed by atoms with Gasteiger partial charge in [-0.3, -0.25) is 4.99 Å². The van der Waals surface area contributed by atoms with E-state index in [1.807, 2.05) is 13.0 Å². The van der Waals surface area contributed by atoms with Gasteiger partial charge in [-0.2, -0.15) is 0 Å². The molecular weight excluding hydrogens is 264 g/mol. The first-order chi connectivity index (χ1) is 9.26. The molecule has 6 heteroatoms. The van der Waals surface area contributed by atoms with E-state index in [1.165, 1.54) is 0 Å². The van der Waals surface area contributed by atoms with Crippen LogP contribution in [0.5, 0.6) is 0 Å². The number of aliphatic imine (C=N–C) groups is 1. The van der Waals surface area contributed by atoms with Crippen LogP contribution in [-0.4, -0.2) is 37.7 Å². The number of nitrogens with zero attached hydrogens (tertiary/aromatic N) is 2. The van der Waals surface area contributed by atoms with Crippen LogP contribution in [0.15, 0.2) is 23.3 Å². The van der Waals surface area contributed by atoms with Crippen molar-refractivity contribution < 1.29 is 4.74 Å². The van der Waals surface area contributed by atoms with Crippen LogP contribution in [0.3, 0.4) is 0 Å². The van der Waals surface area contributed by atoms with Gasteiger partial charge in [0.1, 0.15) is 5.15 Å². The lowest BCUT2D eigenvalue weighted by molar-refractivity contribution is 0.145. The van der Waals surface area contributed by atoms with E-state index in [0.29, 0.717) is 11.7 Å². The van der Waals surface area contributed by atoms with Gasteiger partial charge in [0.05, 0.1) is 0 Å². The summed E-state index contributed by atoms with van der Waals surface area (Å²) in [5.74, 6) is 0.770. The van der Waals surface area contributed by atoms with Gasteiger partial charge in [-0.1, -0.05) is 17.7 Å². The van der Waals surface area contributed by atoms with Crippen LogP contribution in [0.25, 0.3) is 0 Å². The molecule has 1 aromatic heterocycles. The standard InChI is InChI=1S/C13H21ClN4O/c1-3-19-8-4-7-16-13(15-2)18-10-11-5-6-12(14)17-9-11/h5-6,9H,3-4,7-8,10H2,1-2H3,(H2,15,16,18). The summed E-state index contributed by atoms with van der Waals surface area (Å²) < 4.78 is 5.27. The highest BCUT2D eigenvalue weighted by Crippen LogP contribution is 2.04. The summed E-state index contributed by atoms with van der Waals surface area (Å²) in [7, 11) is 1.75. The zero-order valence-corrected chi connectivity index (χ0v) is 12.2. The fourth-order valence-electron chi connectivity index (χ4n) is 1.44. The number of ether oxygens (including phenoxy) is 1. The molecule has 19 heavy (non-hydrogen) atoms. The van der Waals surface area contributed by atoms with E-state index in [-0.39, 0.29) is 0 Å². The fourth-order valence-corrected chi connectivity index (χ4v) is 1.55. The number of guanidine groups is 1. The SMILES string of the molecule is CCOCCCNC(=NC)NCc1ccc(Cl)nc1. The van der Waals surface area contributed by atoms with E-state index < -0.39 is 0 Å². The van der Waals surface area contributed by atoms with Gasteiger partial charge in [-0.25, -0.2) is 4.98 Å². The molecule has 0 bridgehead atoms. The maximum atomic E-state index is 5.73. The Labute approximate surface area is 119 Å².